The molecule has 0 spiro atoms. The summed E-state index contributed by atoms with van der Waals surface area (Å²) >= 11 is 5.89. The molecular weight excluding hydrogens is 1190 g/mol. The standard InChI is InChI=1S/C19H16ClNO4.C14H10F3NO2.C14H14O3.C13H18O2.C9H8O4/c1-11-15(10-18(22)23)16-9-14(25-2)7-8-17(16)21(11)19(24)12-3-5-13(20)6-4-12;15-14(16,17)9-4-3-5-10(8-9)18-12-7-2-1-6-11(12)13(19)20;1-9(14(15)16)10-3-4-12-8-13(17-2)6-5-11(12)7-10;1-9(2)8-11-4-6-12(7-5-11)10(3)13(14)15;1-6(10)13-8-5-3-2-4-7(8)9(11)12/h3-9H,10H2,1-2H3,(H,22,23);1-8,18H,(H,19,20);3-9H,1-2H3,(H,15,16);4-7,9-10H,8H2,1-3H3,(H,14,15);2-5H,1H3,(H,11,12)/t;;9-;;/m..0../s1. The van der Waals surface area contributed by atoms with Gasteiger partial charge >= 0.3 is 42.0 Å². The summed E-state index contributed by atoms with van der Waals surface area (Å²) in [5.74, 6) is -4.36. The summed E-state index contributed by atoms with van der Waals surface area (Å²) in [5, 5.41) is 50.7. The number of anilines is 2. The average molecular weight is 1260 g/mol. The maximum Gasteiger partial charge on any atom is 0.416 e. The number of para-hydroxylation sites is 2. The average Bonchev–Trinajstić information content (AvgIpc) is 1.64. The Labute approximate surface area is 521 Å². The number of ether oxygens (including phenoxy) is 3. The number of nitrogens with zero attached hydrogens (tertiary/aromatic N) is 1. The van der Waals surface area contributed by atoms with Crippen LogP contribution < -0.4 is 19.5 Å². The second-order valence-electron chi connectivity index (χ2n) is 20.5. The molecule has 470 valence electrons. The number of hydrogen-bond donors (Lipinski definition) is 6. The van der Waals surface area contributed by atoms with E-state index in [1.807, 2.05) is 60.7 Å². The molecule has 0 amide bonds. The number of aliphatic carboxylic acids is 3. The second kappa shape index (κ2) is 32.5. The van der Waals surface area contributed by atoms with Crippen molar-refractivity contribution in [2.75, 3.05) is 19.5 Å². The van der Waals surface area contributed by atoms with Gasteiger partial charge in [-0.15, -0.1) is 0 Å². The predicted molar refractivity (Wildman–Crippen MR) is 336 cm³/mol. The van der Waals surface area contributed by atoms with Crippen LogP contribution in [0.5, 0.6) is 17.2 Å². The molecule has 0 saturated heterocycles. The minimum absolute atomic E-state index is 0.00934. The largest absolute Gasteiger partial charge is 0.497 e. The molecule has 9 rings (SSSR count). The van der Waals surface area contributed by atoms with Crippen LogP contribution in [0.3, 0.4) is 0 Å². The van der Waals surface area contributed by atoms with Crippen molar-refractivity contribution in [2.24, 2.45) is 5.92 Å². The summed E-state index contributed by atoms with van der Waals surface area (Å²) in [6, 6.07) is 47.7. The topological polar surface area (TPSA) is 265 Å². The number of carbonyl (C=O) groups excluding carboxylic acids is 2. The van der Waals surface area contributed by atoms with Crippen molar-refractivity contribution < 1.29 is 86.5 Å². The lowest BCUT2D eigenvalue weighted by Gasteiger charge is -2.12. The summed E-state index contributed by atoms with van der Waals surface area (Å²) < 4.78 is 54.4. The van der Waals surface area contributed by atoms with Crippen LogP contribution in [0.15, 0.2) is 176 Å². The van der Waals surface area contributed by atoms with Gasteiger partial charge in [-0.2, -0.15) is 13.2 Å². The number of benzene rings is 8. The monoisotopic (exact) mass is 1250 g/mol. The third-order valence-corrected chi connectivity index (χ3v) is 13.8. The van der Waals surface area contributed by atoms with Gasteiger partial charge in [0.05, 0.1) is 54.8 Å². The summed E-state index contributed by atoms with van der Waals surface area (Å²) in [7, 11) is 3.17. The zero-order chi connectivity index (χ0) is 66.6. The van der Waals surface area contributed by atoms with Gasteiger partial charge in [0, 0.05) is 34.3 Å². The molecule has 0 saturated carbocycles. The van der Waals surface area contributed by atoms with E-state index in [1.165, 1.54) is 53.5 Å². The first-order valence-electron chi connectivity index (χ1n) is 27.6. The first-order valence-corrected chi connectivity index (χ1v) is 28.0. The van der Waals surface area contributed by atoms with Crippen molar-refractivity contribution in [3.8, 4) is 17.2 Å². The van der Waals surface area contributed by atoms with E-state index in [1.54, 1.807) is 102 Å². The maximum absolute atomic E-state index is 13.0. The predicted octanol–water partition coefficient (Wildman–Crippen LogP) is 15.5. The quantitative estimate of drug-likeness (QED) is 0.0388. The smallest absolute Gasteiger partial charge is 0.416 e. The molecule has 0 bridgehead atoms. The number of carboxylic acid groups (broad SMARTS) is 5. The molecule has 0 aliphatic carbocycles. The van der Waals surface area contributed by atoms with Gasteiger partial charge in [0.25, 0.3) is 5.91 Å². The summed E-state index contributed by atoms with van der Waals surface area (Å²) in [6.45, 7) is 10.7. The lowest BCUT2D eigenvalue weighted by molar-refractivity contribution is -0.139. The van der Waals surface area contributed by atoms with Crippen LogP contribution in [0.2, 0.25) is 5.02 Å². The molecule has 90 heavy (non-hydrogen) atoms. The van der Waals surface area contributed by atoms with Gasteiger partial charge in [-0.25, -0.2) is 9.59 Å². The molecule has 1 aromatic heterocycles. The highest BCUT2D eigenvalue weighted by atomic mass is 35.5. The van der Waals surface area contributed by atoms with Crippen LogP contribution in [0.4, 0.5) is 24.5 Å². The Kier molecular flexibility index (Phi) is 25.4. The molecule has 1 heterocycles. The zero-order valence-electron chi connectivity index (χ0n) is 50.2. The van der Waals surface area contributed by atoms with Crippen molar-refractivity contribution in [3.05, 3.63) is 231 Å². The number of aromatic carboxylic acids is 2. The van der Waals surface area contributed by atoms with Crippen LogP contribution >= 0.6 is 11.6 Å². The molecule has 0 aliphatic heterocycles. The number of fused-ring (bicyclic) bond motifs is 2. The fourth-order valence-electron chi connectivity index (χ4n) is 8.88. The Morgan fingerprint density at radius 2 is 1.14 bits per heavy atom. The lowest BCUT2D eigenvalue weighted by atomic mass is 9.97. The Balaban J connectivity index is 0.000000208. The van der Waals surface area contributed by atoms with Gasteiger partial charge in [0.15, 0.2) is 0 Å². The Morgan fingerprint density at radius 1 is 0.600 bits per heavy atom. The van der Waals surface area contributed by atoms with Crippen molar-refractivity contribution in [1.29, 1.82) is 0 Å². The van der Waals surface area contributed by atoms with E-state index in [0.29, 0.717) is 44.4 Å². The summed E-state index contributed by atoms with van der Waals surface area (Å²) in [5.41, 5.74) is 4.87. The molecular formula is C69H66ClF3N2O15. The number of carbonyl (C=O) groups is 7. The fraction of sp³-hybridized carbons (Fsp3) is 0.203. The second-order valence-corrected chi connectivity index (χ2v) is 21.0. The van der Waals surface area contributed by atoms with E-state index in [-0.39, 0.29) is 40.6 Å². The van der Waals surface area contributed by atoms with Crippen LogP contribution in [0.1, 0.15) is 111 Å². The van der Waals surface area contributed by atoms with Gasteiger partial charge in [-0.3, -0.25) is 28.5 Å². The van der Waals surface area contributed by atoms with Crippen molar-refractivity contribution in [2.45, 2.75) is 72.4 Å². The van der Waals surface area contributed by atoms with Crippen molar-refractivity contribution in [3.63, 3.8) is 0 Å². The van der Waals surface area contributed by atoms with E-state index >= 15 is 0 Å². The molecule has 0 fully saturated rings. The Bertz CT molecular complexity index is 4010. The SMILES string of the molecule is CC(=O)Oc1ccccc1C(=O)O.CC(C)Cc1ccc(C(C)C(=O)O)cc1.COc1ccc2c(c1)c(CC(=O)O)c(C)n2C(=O)c1ccc(Cl)cc1.COc1ccc2cc([C@H](C)C(=O)O)ccc2c1.O=C(O)c1ccccc1Nc1cccc(C(F)(F)F)c1. The Morgan fingerprint density at radius 3 is 1.71 bits per heavy atom. The minimum Gasteiger partial charge on any atom is -0.497 e. The highest BCUT2D eigenvalue weighted by Gasteiger charge is 2.30. The third kappa shape index (κ3) is 20.0. The van der Waals surface area contributed by atoms with E-state index in [4.69, 9.17) is 41.5 Å². The van der Waals surface area contributed by atoms with Gasteiger partial charge in [0.2, 0.25) is 0 Å². The molecule has 0 radical (unpaired) electrons. The number of halogens is 4. The van der Waals surface area contributed by atoms with Gasteiger partial charge in [-0.1, -0.05) is 104 Å². The van der Waals surface area contributed by atoms with Gasteiger partial charge in [0.1, 0.15) is 22.8 Å². The molecule has 6 N–H and O–H groups in total. The highest BCUT2D eigenvalue weighted by molar-refractivity contribution is 6.30. The number of carboxylic acids is 5. The summed E-state index contributed by atoms with van der Waals surface area (Å²) in [6.07, 6.45) is -3.57. The molecule has 21 heteroatoms. The zero-order valence-corrected chi connectivity index (χ0v) is 50.9. The van der Waals surface area contributed by atoms with E-state index in [0.717, 1.165) is 46.2 Å². The highest BCUT2D eigenvalue weighted by Crippen LogP contribution is 2.34. The number of alkyl halides is 3. The summed E-state index contributed by atoms with van der Waals surface area (Å²) in [4.78, 5) is 78.1. The third-order valence-electron chi connectivity index (χ3n) is 13.6. The number of methoxy groups -OCH3 is 2. The minimum atomic E-state index is -4.44. The van der Waals surface area contributed by atoms with Gasteiger partial charge in [-0.05, 0) is 163 Å². The molecule has 1 unspecified atom stereocenters. The van der Waals surface area contributed by atoms with Crippen molar-refractivity contribution >= 4 is 86.4 Å². The fourth-order valence-corrected chi connectivity index (χ4v) is 9.01. The Hall–Kier alpha value is -10.5. The van der Waals surface area contributed by atoms with E-state index < -0.39 is 59.4 Å². The number of rotatable bonds is 16. The lowest BCUT2D eigenvalue weighted by Crippen LogP contribution is -2.14. The van der Waals surface area contributed by atoms with Crippen LogP contribution in [0.25, 0.3) is 21.7 Å². The van der Waals surface area contributed by atoms with Crippen LogP contribution in [-0.4, -0.2) is 86.0 Å². The first kappa shape index (κ1) is 70.3. The van der Waals surface area contributed by atoms with E-state index in [9.17, 15) is 51.8 Å². The number of hydrogen-bond acceptors (Lipinski definition) is 11. The molecule has 0 aliphatic rings. The van der Waals surface area contributed by atoms with E-state index in [2.05, 4.69) is 23.9 Å². The van der Waals surface area contributed by atoms with Crippen molar-refractivity contribution in [1.82, 2.24) is 4.57 Å². The number of aromatic nitrogens is 1. The first-order chi connectivity index (χ1) is 42.5. The number of nitrogens with one attached hydrogen (secondary N) is 1. The number of esters is 1. The van der Waals surface area contributed by atoms with Crippen LogP contribution in [-0.2, 0) is 38.2 Å². The molecule has 8 aromatic carbocycles. The molecule has 9 aromatic rings. The molecule has 17 nitrogen and oxygen atoms in total. The van der Waals surface area contributed by atoms with Crippen LogP contribution in [0, 0.1) is 12.8 Å². The normalized spacial score (nSPS) is 11.3. The molecule has 2 atom stereocenters. The maximum atomic E-state index is 13.0. The van der Waals surface area contributed by atoms with Gasteiger partial charge < -0.3 is 45.1 Å².